The molecule has 0 aromatic rings. The Morgan fingerprint density at radius 2 is 1.00 bits per heavy atom. The first-order valence-corrected chi connectivity index (χ1v) is 9.91. The Morgan fingerprint density at radius 1 is 0.667 bits per heavy atom. The van der Waals surface area contributed by atoms with Crippen LogP contribution in [0.25, 0.3) is 0 Å². The van der Waals surface area contributed by atoms with Crippen molar-refractivity contribution in [1.82, 2.24) is 21.3 Å². The van der Waals surface area contributed by atoms with Gasteiger partial charge in [0, 0.05) is 26.2 Å². The standard InChI is InChI=1S/C10H20N2.C9H16N2O/c1-5-11-6-2-9(1)10-3-7-12-8-4-10;1-8-3-10-5-9(2,7(8)12)6-11-4-8/h9-12H,1-8H2;10-11H,3-6H2,1-2H3. The van der Waals surface area contributed by atoms with E-state index in [0.717, 1.165) is 38.0 Å². The van der Waals surface area contributed by atoms with Crippen molar-refractivity contribution in [2.45, 2.75) is 39.5 Å². The average Bonchev–Trinajstić information content (AvgIpc) is 2.60. The van der Waals surface area contributed by atoms with E-state index >= 15 is 0 Å². The van der Waals surface area contributed by atoms with Crippen LogP contribution in [0.15, 0.2) is 0 Å². The number of hydrogen-bond acceptors (Lipinski definition) is 5. The van der Waals surface area contributed by atoms with Crippen molar-refractivity contribution in [2.75, 3.05) is 52.4 Å². The first-order chi connectivity index (χ1) is 11.5. The van der Waals surface area contributed by atoms with Crippen molar-refractivity contribution in [2.24, 2.45) is 22.7 Å². The SMILES string of the molecule is C1CC(C2CCNCC2)CCN1.CC12CNCC(C)(CNC1)C2=O. The van der Waals surface area contributed by atoms with Gasteiger partial charge >= 0.3 is 0 Å². The Kier molecular flexibility index (Phi) is 5.96. The van der Waals surface area contributed by atoms with Crippen molar-refractivity contribution in [3.05, 3.63) is 0 Å². The molecule has 0 aromatic carbocycles. The van der Waals surface area contributed by atoms with E-state index in [9.17, 15) is 4.79 Å². The topological polar surface area (TPSA) is 65.2 Å². The number of hydrogen-bond donors (Lipinski definition) is 4. The van der Waals surface area contributed by atoms with Crippen LogP contribution in [0.2, 0.25) is 0 Å². The molecule has 4 heterocycles. The van der Waals surface area contributed by atoms with Crippen LogP contribution in [0.1, 0.15) is 39.5 Å². The third kappa shape index (κ3) is 4.01. The third-order valence-corrected chi connectivity index (χ3v) is 6.59. The maximum absolute atomic E-state index is 12.0. The number of carbonyl (C=O) groups is 1. The average molecular weight is 337 g/mol. The second kappa shape index (κ2) is 7.81. The Bertz CT molecular complexity index is 381. The van der Waals surface area contributed by atoms with Gasteiger partial charge in [-0.2, -0.15) is 0 Å². The fourth-order valence-electron chi connectivity index (χ4n) is 5.03. The van der Waals surface area contributed by atoms with E-state index in [1.807, 2.05) is 13.8 Å². The van der Waals surface area contributed by atoms with Gasteiger partial charge in [0.15, 0.2) is 0 Å². The molecule has 0 aliphatic carbocycles. The maximum Gasteiger partial charge on any atom is 0.149 e. The summed E-state index contributed by atoms with van der Waals surface area (Å²) in [6, 6.07) is 0. The molecule has 0 spiro atoms. The zero-order chi connectivity index (χ0) is 17.0. The lowest BCUT2D eigenvalue weighted by molar-refractivity contribution is -0.143. The molecule has 2 bridgehead atoms. The van der Waals surface area contributed by atoms with Gasteiger partial charge in [-0.15, -0.1) is 0 Å². The molecule has 0 unspecified atom stereocenters. The first-order valence-electron chi connectivity index (χ1n) is 9.91. The molecule has 0 saturated carbocycles. The smallest absolute Gasteiger partial charge is 0.149 e. The highest BCUT2D eigenvalue weighted by Crippen LogP contribution is 2.35. The highest BCUT2D eigenvalue weighted by atomic mass is 16.1. The quantitative estimate of drug-likeness (QED) is 0.569. The van der Waals surface area contributed by atoms with Gasteiger partial charge in [-0.25, -0.2) is 0 Å². The van der Waals surface area contributed by atoms with Gasteiger partial charge in [-0.3, -0.25) is 4.79 Å². The fraction of sp³-hybridized carbons (Fsp3) is 0.947. The monoisotopic (exact) mass is 336 g/mol. The van der Waals surface area contributed by atoms with Crippen molar-refractivity contribution in [1.29, 1.82) is 0 Å². The molecule has 0 atom stereocenters. The van der Waals surface area contributed by atoms with Crippen LogP contribution in [0.4, 0.5) is 0 Å². The number of piperidine rings is 4. The number of rotatable bonds is 1. The van der Waals surface area contributed by atoms with Crippen LogP contribution < -0.4 is 21.3 Å². The minimum Gasteiger partial charge on any atom is -0.317 e. The van der Waals surface area contributed by atoms with E-state index in [2.05, 4.69) is 21.3 Å². The summed E-state index contributed by atoms with van der Waals surface area (Å²) < 4.78 is 0. The molecule has 4 aliphatic heterocycles. The fourth-order valence-corrected chi connectivity index (χ4v) is 5.03. The maximum atomic E-state index is 12.0. The molecule has 0 amide bonds. The van der Waals surface area contributed by atoms with Gasteiger partial charge in [-0.05, 0) is 63.7 Å². The lowest BCUT2D eigenvalue weighted by atomic mass is 9.66. The molecular formula is C19H36N4O. The van der Waals surface area contributed by atoms with Crippen molar-refractivity contribution in [3.8, 4) is 0 Å². The zero-order valence-electron chi connectivity index (χ0n) is 15.5. The lowest BCUT2D eigenvalue weighted by Gasteiger charge is -2.48. The summed E-state index contributed by atoms with van der Waals surface area (Å²) in [6.07, 6.45) is 5.69. The van der Waals surface area contributed by atoms with Crippen molar-refractivity contribution >= 4 is 5.78 Å². The van der Waals surface area contributed by atoms with E-state index in [4.69, 9.17) is 0 Å². The molecule has 4 saturated heterocycles. The van der Waals surface area contributed by atoms with E-state index in [1.165, 1.54) is 51.9 Å². The van der Waals surface area contributed by atoms with E-state index < -0.39 is 0 Å². The van der Waals surface area contributed by atoms with Gasteiger partial charge in [0.1, 0.15) is 5.78 Å². The van der Waals surface area contributed by atoms with Crippen LogP contribution in [0.3, 0.4) is 0 Å². The number of fused-ring (bicyclic) bond motifs is 2. The zero-order valence-corrected chi connectivity index (χ0v) is 15.5. The van der Waals surface area contributed by atoms with Crippen LogP contribution in [0, 0.1) is 22.7 Å². The molecule has 0 aromatic heterocycles. The predicted molar refractivity (Wildman–Crippen MR) is 98.1 cm³/mol. The van der Waals surface area contributed by atoms with Crippen LogP contribution in [-0.4, -0.2) is 58.1 Å². The number of carbonyl (C=O) groups excluding carboxylic acids is 1. The van der Waals surface area contributed by atoms with Gasteiger partial charge < -0.3 is 21.3 Å². The summed E-state index contributed by atoms with van der Waals surface area (Å²) in [5.74, 6) is 2.51. The second-order valence-corrected chi connectivity index (χ2v) is 8.83. The third-order valence-electron chi connectivity index (χ3n) is 6.59. The Labute approximate surface area is 147 Å². The summed E-state index contributed by atoms with van der Waals surface area (Å²) in [5.41, 5.74) is -0.323. The van der Waals surface area contributed by atoms with Crippen LogP contribution in [-0.2, 0) is 4.79 Å². The molecule has 4 aliphatic rings. The molecule has 4 fully saturated rings. The van der Waals surface area contributed by atoms with E-state index in [0.29, 0.717) is 5.78 Å². The Balaban J connectivity index is 0.000000141. The molecule has 4 N–H and O–H groups in total. The molecule has 138 valence electrons. The van der Waals surface area contributed by atoms with Gasteiger partial charge in [0.05, 0.1) is 10.8 Å². The summed E-state index contributed by atoms with van der Waals surface area (Å²) in [4.78, 5) is 12.0. The van der Waals surface area contributed by atoms with Crippen LogP contribution in [0.5, 0.6) is 0 Å². The van der Waals surface area contributed by atoms with Gasteiger partial charge in [0.25, 0.3) is 0 Å². The van der Waals surface area contributed by atoms with Crippen molar-refractivity contribution in [3.63, 3.8) is 0 Å². The molecule has 0 radical (unpaired) electrons. The van der Waals surface area contributed by atoms with Crippen molar-refractivity contribution < 1.29 is 4.79 Å². The predicted octanol–water partition coefficient (Wildman–Crippen LogP) is 0.760. The minimum atomic E-state index is -0.161. The summed E-state index contributed by atoms with van der Waals surface area (Å²) in [5, 5.41) is 13.6. The summed E-state index contributed by atoms with van der Waals surface area (Å²) in [6.45, 7) is 12.4. The molecular weight excluding hydrogens is 300 g/mol. The normalized spacial score (nSPS) is 38.3. The number of nitrogens with one attached hydrogen (secondary N) is 4. The summed E-state index contributed by atoms with van der Waals surface area (Å²) >= 11 is 0. The molecule has 5 heteroatoms. The van der Waals surface area contributed by atoms with Gasteiger partial charge in [-0.1, -0.05) is 13.8 Å². The van der Waals surface area contributed by atoms with E-state index in [-0.39, 0.29) is 10.8 Å². The Hall–Kier alpha value is -0.490. The number of ketones is 1. The van der Waals surface area contributed by atoms with Crippen LogP contribution >= 0.6 is 0 Å². The van der Waals surface area contributed by atoms with E-state index in [1.54, 1.807) is 0 Å². The molecule has 24 heavy (non-hydrogen) atoms. The largest absolute Gasteiger partial charge is 0.317 e. The molecule has 4 rings (SSSR count). The highest BCUT2D eigenvalue weighted by Gasteiger charge is 2.50. The molecule has 5 nitrogen and oxygen atoms in total. The van der Waals surface area contributed by atoms with Gasteiger partial charge in [0.2, 0.25) is 0 Å². The Morgan fingerprint density at radius 3 is 1.29 bits per heavy atom. The number of Topliss-reactive ketones (excluding diaryl/α,β-unsaturated/α-hetero) is 1. The highest BCUT2D eigenvalue weighted by molar-refractivity contribution is 5.92. The minimum absolute atomic E-state index is 0.161. The summed E-state index contributed by atoms with van der Waals surface area (Å²) in [7, 11) is 0. The first kappa shape index (κ1) is 18.3. The second-order valence-electron chi connectivity index (χ2n) is 8.83. The lowest BCUT2D eigenvalue weighted by Crippen LogP contribution is -2.66.